The second-order valence-corrected chi connectivity index (χ2v) is 5.66. The SMILES string of the molecule is C#CCN(Cc1ccc(F)cc1)C(=O)NCc1ccc(NC(=O)OC)cc1. The Kier molecular flexibility index (Phi) is 7.20. The van der Waals surface area contributed by atoms with Crippen LogP contribution in [-0.4, -0.2) is 30.7 Å². The summed E-state index contributed by atoms with van der Waals surface area (Å²) in [4.78, 5) is 25.0. The molecule has 0 unspecified atom stereocenters. The second-order valence-electron chi connectivity index (χ2n) is 5.66. The van der Waals surface area contributed by atoms with Gasteiger partial charge in [-0.1, -0.05) is 30.2 Å². The molecule has 0 radical (unpaired) electrons. The van der Waals surface area contributed by atoms with Gasteiger partial charge in [0.05, 0.1) is 13.7 Å². The van der Waals surface area contributed by atoms with Gasteiger partial charge < -0.3 is 15.0 Å². The summed E-state index contributed by atoms with van der Waals surface area (Å²) in [6.07, 6.45) is 4.79. The van der Waals surface area contributed by atoms with Crippen molar-refractivity contribution in [2.24, 2.45) is 0 Å². The van der Waals surface area contributed by atoms with Gasteiger partial charge >= 0.3 is 12.1 Å². The Balaban J connectivity index is 1.92. The van der Waals surface area contributed by atoms with Crippen LogP contribution in [0, 0.1) is 18.2 Å². The number of nitrogens with one attached hydrogen (secondary N) is 2. The summed E-state index contributed by atoms with van der Waals surface area (Å²) in [7, 11) is 1.28. The number of carbonyl (C=O) groups excluding carboxylic acids is 2. The van der Waals surface area contributed by atoms with Gasteiger partial charge in [0.2, 0.25) is 0 Å². The highest BCUT2D eigenvalue weighted by molar-refractivity contribution is 5.84. The lowest BCUT2D eigenvalue weighted by Crippen LogP contribution is -2.39. The number of urea groups is 1. The van der Waals surface area contributed by atoms with E-state index < -0.39 is 6.09 Å². The van der Waals surface area contributed by atoms with Crippen LogP contribution in [0.2, 0.25) is 0 Å². The van der Waals surface area contributed by atoms with E-state index in [2.05, 4.69) is 21.3 Å². The molecule has 6 nitrogen and oxygen atoms in total. The summed E-state index contributed by atoms with van der Waals surface area (Å²) in [6, 6.07) is 12.5. The highest BCUT2D eigenvalue weighted by Gasteiger charge is 2.13. The summed E-state index contributed by atoms with van der Waals surface area (Å²) in [5, 5.41) is 5.34. The maximum atomic E-state index is 13.0. The number of hydrogen-bond donors (Lipinski definition) is 2. The summed E-state index contributed by atoms with van der Waals surface area (Å²) >= 11 is 0. The van der Waals surface area contributed by atoms with Crippen LogP contribution in [0.5, 0.6) is 0 Å². The van der Waals surface area contributed by atoms with Crippen molar-refractivity contribution in [2.75, 3.05) is 19.0 Å². The molecule has 2 N–H and O–H groups in total. The number of ether oxygens (including phenoxy) is 1. The molecule has 0 bridgehead atoms. The monoisotopic (exact) mass is 369 g/mol. The first kappa shape index (κ1) is 19.8. The molecule has 0 fully saturated rings. The highest BCUT2D eigenvalue weighted by Crippen LogP contribution is 2.11. The van der Waals surface area contributed by atoms with Crippen molar-refractivity contribution in [3.8, 4) is 12.3 Å². The first-order valence-corrected chi connectivity index (χ1v) is 8.16. The number of terminal acetylenes is 1. The first-order valence-electron chi connectivity index (χ1n) is 8.16. The van der Waals surface area contributed by atoms with E-state index >= 15 is 0 Å². The van der Waals surface area contributed by atoms with Crippen molar-refractivity contribution < 1.29 is 18.7 Å². The quantitative estimate of drug-likeness (QED) is 0.767. The van der Waals surface area contributed by atoms with E-state index in [0.29, 0.717) is 12.2 Å². The number of nitrogens with zero attached hydrogens (tertiary/aromatic N) is 1. The first-order chi connectivity index (χ1) is 13.0. The molecule has 7 heteroatoms. The van der Waals surface area contributed by atoms with Crippen molar-refractivity contribution in [1.29, 1.82) is 0 Å². The number of benzene rings is 2. The van der Waals surface area contributed by atoms with Crippen LogP contribution in [0.3, 0.4) is 0 Å². The van der Waals surface area contributed by atoms with Gasteiger partial charge in [0.15, 0.2) is 0 Å². The Hall–Kier alpha value is -3.53. The van der Waals surface area contributed by atoms with Crippen LogP contribution in [0.25, 0.3) is 0 Å². The van der Waals surface area contributed by atoms with E-state index in [4.69, 9.17) is 6.42 Å². The van der Waals surface area contributed by atoms with Gasteiger partial charge in [0.25, 0.3) is 0 Å². The Morgan fingerprint density at radius 3 is 2.33 bits per heavy atom. The minimum atomic E-state index is -0.554. The molecule has 0 saturated carbocycles. The predicted octanol–water partition coefficient (Wildman–Crippen LogP) is 3.35. The van der Waals surface area contributed by atoms with Crippen LogP contribution < -0.4 is 10.6 Å². The van der Waals surface area contributed by atoms with Gasteiger partial charge in [0, 0.05) is 18.8 Å². The van der Waals surface area contributed by atoms with Crippen molar-refractivity contribution in [3.05, 3.63) is 65.5 Å². The zero-order chi connectivity index (χ0) is 19.6. The van der Waals surface area contributed by atoms with Gasteiger partial charge in [-0.15, -0.1) is 6.42 Å². The standard InChI is InChI=1S/C20H20FN3O3/c1-3-12-24(14-16-4-8-17(21)9-5-16)19(25)22-13-15-6-10-18(11-7-15)23-20(26)27-2/h1,4-11H,12-14H2,2H3,(H,22,25)(H,23,26). The fraction of sp³-hybridized carbons (Fsp3) is 0.200. The minimum Gasteiger partial charge on any atom is -0.453 e. The van der Waals surface area contributed by atoms with Crippen molar-refractivity contribution in [1.82, 2.24) is 10.2 Å². The third-order valence-corrected chi connectivity index (χ3v) is 3.69. The van der Waals surface area contributed by atoms with E-state index in [0.717, 1.165) is 11.1 Å². The molecule has 0 atom stereocenters. The molecule has 27 heavy (non-hydrogen) atoms. The number of methoxy groups -OCH3 is 1. The highest BCUT2D eigenvalue weighted by atomic mass is 19.1. The number of halogens is 1. The van der Waals surface area contributed by atoms with Gasteiger partial charge in [-0.25, -0.2) is 14.0 Å². The van der Waals surface area contributed by atoms with Crippen molar-refractivity contribution >= 4 is 17.8 Å². The molecular formula is C20H20FN3O3. The van der Waals surface area contributed by atoms with E-state index in [1.165, 1.54) is 24.1 Å². The molecule has 140 valence electrons. The molecule has 0 saturated heterocycles. The molecule has 3 amide bonds. The molecule has 0 aliphatic carbocycles. The molecule has 0 spiro atoms. The summed E-state index contributed by atoms with van der Waals surface area (Å²) in [5.74, 6) is 2.11. The number of carbonyl (C=O) groups is 2. The van der Waals surface area contributed by atoms with Gasteiger partial charge in [-0.05, 0) is 35.4 Å². The fourth-order valence-corrected chi connectivity index (χ4v) is 2.28. The number of rotatable bonds is 6. The third kappa shape index (κ3) is 6.36. The van der Waals surface area contributed by atoms with E-state index in [1.807, 2.05) is 0 Å². The van der Waals surface area contributed by atoms with E-state index in [9.17, 15) is 14.0 Å². The normalized spacial score (nSPS) is 9.81. The van der Waals surface area contributed by atoms with Gasteiger partial charge in [0.1, 0.15) is 5.82 Å². The molecule has 2 aromatic carbocycles. The maximum Gasteiger partial charge on any atom is 0.411 e. The van der Waals surface area contributed by atoms with Crippen LogP contribution in [0.15, 0.2) is 48.5 Å². The summed E-state index contributed by atoms with van der Waals surface area (Å²) in [5.41, 5.74) is 2.21. The summed E-state index contributed by atoms with van der Waals surface area (Å²) in [6.45, 7) is 0.700. The van der Waals surface area contributed by atoms with Crippen molar-refractivity contribution in [2.45, 2.75) is 13.1 Å². The smallest absolute Gasteiger partial charge is 0.411 e. The van der Waals surface area contributed by atoms with Gasteiger partial charge in [-0.3, -0.25) is 5.32 Å². The fourth-order valence-electron chi connectivity index (χ4n) is 2.28. The molecular weight excluding hydrogens is 349 g/mol. The zero-order valence-electron chi connectivity index (χ0n) is 14.9. The lowest BCUT2D eigenvalue weighted by molar-refractivity contribution is 0.187. The number of hydrogen-bond acceptors (Lipinski definition) is 3. The topological polar surface area (TPSA) is 70.7 Å². The zero-order valence-corrected chi connectivity index (χ0v) is 14.9. The minimum absolute atomic E-state index is 0.130. The second kappa shape index (κ2) is 9.82. The Bertz CT molecular complexity index is 814. The molecule has 0 aliphatic rings. The maximum absolute atomic E-state index is 13.0. The Labute approximate surface area is 157 Å². The van der Waals surface area contributed by atoms with Crippen LogP contribution in [0.4, 0.5) is 19.7 Å². The molecule has 2 rings (SSSR count). The van der Waals surface area contributed by atoms with Crippen molar-refractivity contribution in [3.63, 3.8) is 0 Å². The Morgan fingerprint density at radius 1 is 1.11 bits per heavy atom. The molecule has 0 aliphatic heterocycles. The molecule has 0 heterocycles. The van der Waals surface area contributed by atoms with Crippen LogP contribution >= 0.6 is 0 Å². The lowest BCUT2D eigenvalue weighted by atomic mass is 10.2. The number of amides is 3. The number of anilines is 1. The summed E-state index contributed by atoms with van der Waals surface area (Å²) < 4.78 is 17.5. The van der Waals surface area contributed by atoms with Gasteiger partial charge in [-0.2, -0.15) is 0 Å². The molecule has 0 aromatic heterocycles. The average molecular weight is 369 g/mol. The Morgan fingerprint density at radius 2 is 1.74 bits per heavy atom. The average Bonchev–Trinajstić information content (AvgIpc) is 2.68. The molecule has 2 aromatic rings. The van der Waals surface area contributed by atoms with Crippen LogP contribution in [0.1, 0.15) is 11.1 Å². The van der Waals surface area contributed by atoms with E-state index in [-0.39, 0.29) is 24.9 Å². The third-order valence-electron chi connectivity index (χ3n) is 3.69. The van der Waals surface area contributed by atoms with Crippen LogP contribution in [-0.2, 0) is 17.8 Å². The predicted molar refractivity (Wildman–Crippen MR) is 100 cm³/mol. The largest absolute Gasteiger partial charge is 0.453 e. The van der Waals surface area contributed by atoms with E-state index in [1.54, 1.807) is 36.4 Å². The lowest BCUT2D eigenvalue weighted by Gasteiger charge is -2.21.